The lowest BCUT2D eigenvalue weighted by atomic mass is 9.68. The number of allylic oxidation sites excluding steroid dienone is 1. The van der Waals surface area contributed by atoms with Gasteiger partial charge in [-0.2, -0.15) is 0 Å². The molecule has 5 rings (SSSR count). The number of benzene rings is 2. The number of primary sulfonamides is 1. The van der Waals surface area contributed by atoms with E-state index in [0.29, 0.717) is 31.0 Å². The van der Waals surface area contributed by atoms with Crippen LogP contribution in [0.3, 0.4) is 0 Å². The lowest BCUT2D eigenvalue weighted by molar-refractivity contribution is 0.0456. The molecule has 1 fully saturated rings. The number of aliphatic hydroxyl groups is 1. The van der Waals surface area contributed by atoms with E-state index in [1.807, 2.05) is 18.2 Å². The minimum atomic E-state index is -3.76. The number of hydrogen-bond donors (Lipinski definition) is 2. The Hall–Kier alpha value is -2.63. The third kappa shape index (κ3) is 6.88. The zero-order valence-electron chi connectivity index (χ0n) is 24.7. The van der Waals surface area contributed by atoms with E-state index in [0.717, 1.165) is 42.8 Å². The molecule has 3 aliphatic rings. The monoisotopic (exact) mass is 632 g/mol. The maximum absolute atomic E-state index is 12.5. The van der Waals surface area contributed by atoms with Gasteiger partial charge in [-0.3, -0.25) is 0 Å². The molecular formula is C32H41ClN2O7S. The van der Waals surface area contributed by atoms with Gasteiger partial charge in [0, 0.05) is 30.6 Å². The van der Waals surface area contributed by atoms with E-state index < -0.39 is 27.3 Å². The van der Waals surface area contributed by atoms with Crippen LogP contribution in [0.4, 0.5) is 5.69 Å². The summed E-state index contributed by atoms with van der Waals surface area (Å²) in [6.45, 7) is 1.87. The normalized spacial score (nSPS) is 24.8. The average Bonchev–Trinajstić information content (AvgIpc) is 3.10. The number of sulfonamides is 1. The van der Waals surface area contributed by atoms with Gasteiger partial charge in [0.05, 0.1) is 37.7 Å². The summed E-state index contributed by atoms with van der Waals surface area (Å²) in [5.74, 6) is 0.504. The van der Waals surface area contributed by atoms with Crippen LogP contribution in [-0.4, -0.2) is 71.4 Å². The van der Waals surface area contributed by atoms with E-state index in [1.54, 1.807) is 18.2 Å². The van der Waals surface area contributed by atoms with Crippen molar-refractivity contribution in [2.45, 2.75) is 55.3 Å². The zero-order chi connectivity index (χ0) is 30.8. The van der Waals surface area contributed by atoms with Crippen molar-refractivity contribution in [1.82, 2.24) is 0 Å². The quantitative estimate of drug-likeness (QED) is 0.294. The minimum Gasteiger partial charge on any atom is -0.490 e. The van der Waals surface area contributed by atoms with Crippen molar-refractivity contribution >= 4 is 33.3 Å². The summed E-state index contributed by atoms with van der Waals surface area (Å²) in [5, 5.41) is 16.3. The molecular weight excluding hydrogens is 592 g/mol. The fourth-order valence-corrected chi connectivity index (χ4v) is 7.81. The Morgan fingerprint density at radius 1 is 1.26 bits per heavy atom. The molecule has 2 aliphatic carbocycles. The SMILES string of the molecule is COC[C@@H](C/C=C/[C@H](O)[C@@H]1CC[C@H]1CN1CC2(CCCc3cc(Cl)ccc32)COc2ccc(C(=O)OC)cc21)S(N)(=O)=O. The van der Waals surface area contributed by atoms with E-state index in [9.17, 15) is 18.3 Å². The average molecular weight is 633 g/mol. The Morgan fingerprint density at radius 2 is 2.07 bits per heavy atom. The van der Waals surface area contributed by atoms with Crippen LogP contribution in [0.5, 0.6) is 5.75 Å². The summed E-state index contributed by atoms with van der Waals surface area (Å²) in [5.41, 5.74) is 3.53. The van der Waals surface area contributed by atoms with Gasteiger partial charge in [0.1, 0.15) is 11.0 Å². The van der Waals surface area contributed by atoms with Crippen LogP contribution in [0, 0.1) is 11.8 Å². The second-order valence-electron chi connectivity index (χ2n) is 12.1. The predicted molar refractivity (Wildman–Crippen MR) is 166 cm³/mol. The van der Waals surface area contributed by atoms with E-state index in [-0.39, 0.29) is 30.3 Å². The highest BCUT2D eigenvalue weighted by atomic mass is 35.5. The number of rotatable bonds is 10. The molecule has 234 valence electrons. The van der Waals surface area contributed by atoms with Crippen LogP contribution in [0.25, 0.3) is 0 Å². The molecule has 0 amide bonds. The predicted octanol–water partition coefficient (Wildman–Crippen LogP) is 4.24. The van der Waals surface area contributed by atoms with Crippen molar-refractivity contribution in [2.75, 3.05) is 45.4 Å². The molecule has 1 heterocycles. The first-order chi connectivity index (χ1) is 20.5. The molecule has 0 radical (unpaired) electrons. The van der Waals surface area contributed by atoms with Crippen molar-refractivity contribution in [3.63, 3.8) is 0 Å². The van der Waals surface area contributed by atoms with E-state index in [4.69, 9.17) is 31.0 Å². The first kappa shape index (κ1) is 31.8. The Labute approximate surface area is 259 Å². The number of methoxy groups -OCH3 is 2. The maximum Gasteiger partial charge on any atom is 0.337 e. The topological polar surface area (TPSA) is 128 Å². The standard InChI is InChI=1S/C32H41ClN2O7S/c1-40-18-25(43(34,38)39)6-3-7-29(36)26-11-8-23(26)17-35-19-32(14-4-5-21-15-24(33)10-12-27(21)32)20-42-30-13-9-22(16-28(30)35)31(37)41-2/h3,7,9-10,12-13,15-16,23,25-26,29,36H,4-6,8,11,14,17-20H2,1-2H3,(H2,34,38,39)/b7-3+/t23-,25+,26+,29-,32?/m0/s1. The molecule has 3 N–H and O–H groups in total. The van der Waals surface area contributed by atoms with Crippen molar-refractivity contribution in [1.29, 1.82) is 0 Å². The van der Waals surface area contributed by atoms with Crippen molar-refractivity contribution in [2.24, 2.45) is 17.0 Å². The third-order valence-electron chi connectivity index (χ3n) is 9.38. The van der Waals surface area contributed by atoms with Gasteiger partial charge in [-0.1, -0.05) is 29.8 Å². The number of esters is 1. The van der Waals surface area contributed by atoms with Crippen molar-refractivity contribution < 1.29 is 32.5 Å². The van der Waals surface area contributed by atoms with Crippen LogP contribution < -0.4 is 14.8 Å². The summed E-state index contributed by atoms with van der Waals surface area (Å²) in [6.07, 6.45) is 7.57. The van der Waals surface area contributed by atoms with Crippen molar-refractivity contribution in [3.8, 4) is 5.75 Å². The lowest BCUT2D eigenvalue weighted by Crippen LogP contribution is -2.49. The highest BCUT2D eigenvalue weighted by Gasteiger charge is 2.44. The number of ether oxygens (including phenoxy) is 3. The van der Waals surface area contributed by atoms with Crippen molar-refractivity contribution in [3.05, 3.63) is 70.3 Å². The van der Waals surface area contributed by atoms with Gasteiger partial charge in [0.15, 0.2) is 0 Å². The fourth-order valence-electron chi connectivity index (χ4n) is 6.91. The summed E-state index contributed by atoms with van der Waals surface area (Å²) >= 11 is 6.37. The van der Waals surface area contributed by atoms with Crippen LogP contribution in [0.1, 0.15) is 53.6 Å². The number of carbonyl (C=O) groups excluding carboxylic acids is 1. The number of halogens is 1. The van der Waals surface area contributed by atoms with E-state index in [2.05, 4.69) is 17.0 Å². The number of anilines is 1. The Bertz CT molecular complexity index is 1470. The molecule has 1 saturated carbocycles. The highest BCUT2D eigenvalue weighted by molar-refractivity contribution is 7.89. The van der Waals surface area contributed by atoms with Crippen LogP contribution in [-0.2, 0) is 31.3 Å². The van der Waals surface area contributed by atoms with Gasteiger partial charge in [-0.25, -0.2) is 18.4 Å². The summed E-state index contributed by atoms with van der Waals surface area (Å²) in [7, 11) is -0.962. The van der Waals surface area contributed by atoms with Crippen LogP contribution in [0.15, 0.2) is 48.6 Å². The van der Waals surface area contributed by atoms with Gasteiger partial charge in [0.25, 0.3) is 0 Å². The lowest BCUT2D eigenvalue weighted by Gasteiger charge is -2.45. The Morgan fingerprint density at radius 3 is 2.77 bits per heavy atom. The second-order valence-corrected chi connectivity index (χ2v) is 14.4. The Kier molecular flexibility index (Phi) is 9.73. The fraction of sp³-hybridized carbons (Fsp3) is 0.531. The number of nitrogens with two attached hydrogens (primary N) is 1. The number of hydrogen-bond acceptors (Lipinski definition) is 8. The zero-order valence-corrected chi connectivity index (χ0v) is 26.3. The molecule has 0 aromatic heterocycles. The minimum absolute atomic E-state index is 0.00753. The number of fused-ring (bicyclic) bond motifs is 3. The molecule has 1 unspecified atom stereocenters. The summed E-state index contributed by atoms with van der Waals surface area (Å²) < 4.78 is 40.2. The summed E-state index contributed by atoms with van der Waals surface area (Å²) in [6, 6.07) is 11.6. The molecule has 2 aromatic carbocycles. The van der Waals surface area contributed by atoms with Crippen LogP contribution >= 0.6 is 11.6 Å². The molecule has 5 atom stereocenters. The molecule has 0 saturated heterocycles. The Balaban J connectivity index is 1.40. The molecule has 2 aromatic rings. The van der Waals surface area contributed by atoms with E-state index in [1.165, 1.54) is 25.3 Å². The molecule has 43 heavy (non-hydrogen) atoms. The third-order valence-corrected chi connectivity index (χ3v) is 10.9. The smallest absolute Gasteiger partial charge is 0.337 e. The number of aliphatic hydroxyl groups excluding tert-OH is 1. The molecule has 1 spiro atoms. The second kappa shape index (κ2) is 13.2. The van der Waals surface area contributed by atoms with Gasteiger partial charge in [-0.15, -0.1) is 0 Å². The number of nitrogens with zero attached hydrogens (tertiary/aromatic N) is 1. The van der Waals surface area contributed by atoms with Gasteiger partial charge in [0.2, 0.25) is 10.0 Å². The highest BCUT2D eigenvalue weighted by Crippen LogP contribution is 2.46. The molecule has 9 nitrogen and oxygen atoms in total. The molecule has 0 bridgehead atoms. The molecule has 1 aliphatic heterocycles. The molecule has 11 heteroatoms. The van der Waals surface area contributed by atoms with Gasteiger partial charge in [-0.05, 0) is 91.8 Å². The van der Waals surface area contributed by atoms with Gasteiger partial charge >= 0.3 is 5.97 Å². The summed E-state index contributed by atoms with van der Waals surface area (Å²) in [4.78, 5) is 14.8. The van der Waals surface area contributed by atoms with Crippen LogP contribution in [0.2, 0.25) is 5.02 Å². The first-order valence-electron chi connectivity index (χ1n) is 14.8. The van der Waals surface area contributed by atoms with E-state index >= 15 is 0 Å². The number of aryl methyl sites for hydroxylation is 1. The maximum atomic E-state index is 12.5. The largest absolute Gasteiger partial charge is 0.490 e. The van der Waals surface area contributed by atoms with Gasteiger partial charge < -0.3 is 24.2 Å². The first-order valence-corrected chi connectivity index (χ1v) is 16.8. The number of carbonyl (C=O) groups is 1.